The molecule has 1 unspecified atom stereocenters. The number of hydrogen-bond donors (Lipinski definition) is 0. The number of hydrogen-bond acceptors (Lipinski definition) is 6. The van der Waals surface area contributed by atoms with Crippen molar-refractivity contribution >= 4 is 31.5 Å². The summed E-state index contributed by atoms with van der Waals surface area (Å²) in [6, 6.07) is 4.24. The van der Waals surface area contributed by atoms with E-state index in [-0.39, 0.29) is 22.9 Å². The van der Waals surface area contributed by atoms with Gasteiger partial charge in [0.25, 0.3) is 0 Å². The molecule has 0 saturated carbocycles. The van der Waals surface area contributed by atoms with Gasteiger partial charge >= 0.3 is 0 Å². The molecule has 3 rings (SSSR count). The Kier molecular flexibility index (Phi) is 7.05. The number of nitrogens with zero attached hydrogens (tertiary/aromatic N) is 2. The van der Waals surface area contributed by atoms with Crippen molar-refractivity contribution in [2.75, 3.05) is 50.9 Å². The van der Waals surface area contributed by atoms with Gasteiger partial charge in [0.1, 0.15) is 0 Å². The van der Waals surface area contributed by atoms with Crippen LogP contribution in [0, 0.1) is 6.92 Å². The quantitative estimate of drug-likeness (QED) is 0.626. The maximum atomic E-state index is 13.4. The van der Waals surface area contributed by atoms with Crippen LogP contribution in [0.15, 0.2) is 23.1 Å². The van der Waals surface area contributed by atoms with Crippen molar-refractivity contribution in [2.45, 2.75) is 30.7 Å². The van der Waals surface area contributed by atoms with Crippen molar-refractivity contribution in [3.63, 3.8) is 0 Å². The summed E-state index contributed by atoms with van der Waals surface area (Å²) in [5.74, 6) is -0.0922. The molecule has 0 N–H and O–H groups in total. The van der Waals surface area contributed by atoms with Crippen LogP contribution in [-0.2, 0) is 24.6 Å². The van der Waals surface area contributed by atoms with Crippen LogP contribution in [0.4, 0.5) is 0 Å². The molecule has 0 amide bonds. The van der Waals surface area contributed by atoms with Crippen molar-refractivity contribution in [2.24, 2.45) is 0 Å². The Morgan fingerprint density at radius 1 is 1.29 bits per heavy atom. The summed E-state index contributed by atoms with van der Waals surface area (Å²) in [6.45, 7) is 5.79. The molecular weight excluding hydrogens is 424 g/mol. The average Bonchev–Trinajstić information content (AvgIpc) is 3.00. The Morgan fingerprint density at radius 2 is 2.00 bits per heavy atom. The van der Waals surface area contributed by atoms with Crippen LogP contribution in [0.3, 0.4) is 0 Å². The van der Waals surface area contributed by atoms with Gasteiger partial charge in [-0.05, 0) is 44.0 Å². The summed E-state index contributed by atoms with van der Waals surface area (Å²) < 4.78 is 57.5. The van der Waals surface area contributed by atoms with Crippen LogP contribution in [0.5, 0.6) is 0 Å². The number of rotatable bonds is 7. The Labute approximate surface area is 172 Å². The van der Waals surface area contributed by atoms with Gasteiger partial charge in [-0.1, -0.05) is 17.7 Å². The highest BCUT2D eigenvalue weighted by molar-refractivity contribution is 7.92. The van der Waals surface area contributed by atoms with E-state index in [4.69, 9.17) is 16.3 Å². The summed E-state index contributed by atoms with van der Waals surface area (Å²) in [6.07, 6.45) is 0.966. The van der Waals surface area contributed by atoms with E-state index in [2.05, 4.69) is 4.90 Å². The number of sulfonamides is 1. The molecule has 7 nitrogen and oxygen atoms in total. The van der Waals surface area contributed by atoms with Gasteiger partial charge in [0.2, 0.25) is 10.0 Å². The normalized spacial score (nSPS) is 23.3. The van der Waals surface area contributed by atoms with E-state index in [1.807, 2.05) is 0 Å². The molecule has 2 aliphatic rings. The van der Waals surface area contributed by atoms with Crippen LogP contribution in [0.2, 0.25) is 5.02 Å². The molecule has 28 heavy (non-hydrogen) atoms. The van der Waals surface area contributed by atoms with E-state index >= 15 is 0 Å². The first kappa shape index (κ1) is 22.0. The first-order chi connectivity index (χ1) is 13.2. The lowest BCUT2D eigenvalue weighted by atomic mass is 10.2. The molecule has 1 aromatic carbocycles. The van der Waals surface area contributed by atoms with Crippen molar-refractivity contribution in [1.29, 1.82) is 0 Å². The molecule has 2 fully saturated rings. The summed E-state index contributed by atoms with van der Waals surface area (Å²) in [5.41, 5.74) is 0.600. The first-order valence-corrected chi connectivity index (χ1v) is 13.1. The lowest BCUT2D eigenvalue weighted by molar-refractivity contribution is 0.0367. The van der Waals surface area contributed by atoms with E-state index in [0.717, 1.165) is 19.6 Å². The summed E-state index contributed by atoms with van der Waals surface area (Å²) in [4.78, 5) is 2.39. The van der Waals surface area contributed by atoms with Crippen molar-refractivity contribution in [3.8, 4) is 0 Å². The maximum absolute atomic E-state index is 13.4. The van der Waals surface area contributed by atoms with Crippen LogP contribution in [0.25, 0.3) is 0 Å². The topological polar surface area (TPSA) is 84.0 Å². The van der Waals surface area contributed by atoms with Gasteiger partial charge in [-0.2, -0.15) is 4.31 Å². The lowest BCUT2D eigenvalue weighted by Crippen LogP contribution is -2.43. The molecule has 2 aliphatic heterocycles. The van der Waals surface area contributed by atoms with E-state index in [9.17, 15) is 16.8 Å². The minimum Gasteiger partial charge on any atom is -0.379 e. The Balaban J connectivity index is 1.81. The van der Waals surface area contributed by atoms with Crippen molar-refractivity contribution < 1.29 is 21.6 Å². The highest BCUT2D eigenvalue weighted by atomic mass is 35.5. The SMILES string of the molecule is Cc1ccc(Cl)cc1S(=O)(=O)N(CCCN1CCOCC1)C1CCS(=O)(=O)C1. The zero-order valence-electron chi connectivity index (χ0n) is 16.0. The molecule has 158 valence electrons. The third-order valence-electron chi connectivity index (χ3n) is 5.31. The molecule has 0 radical (unpaired) electrons. The van der Waals surface area contributed by atoms with Crippen molar-refractivity contribution in [3.05, 3.63) is 28.8 Å². The second kappa shape index (κ2) is 8.97. The minimum atomic E-state index is -3.85. The van der Waals surface area contributed by atoms with Gasteiger partial charge < -0.3 is 4.74 Å². The van der Waals surface area contributed by atoms with E-state index in [0.29, 0.717) is 36.6 Å². The second-order valence-electron chi connectivity index (χ2n) is 7.39. The van der Waals surface area contributed by atoms with Gasteiger partial charge in [0.05, 0.1) is 29.6 Å². The Morgan fingerprint density at radius 3 is 2.64 bits per heavy atom. The van der Waals surface area contributed by atoms with Gasteiger partial charge in [-0.15, -0.1) is 0 Å². The third-order valence-corrected chi connectivity index (χ3v) is 9.39. The largest absolute Gasteiger partial charge is 0.379 e. The number of sulfone groups is 1. The summed E-state index contributed by atoms with van der Waals surface area (Å²) in [7, 11) is -7.06. The number of benzene rings is 1. The number of morpholine rings is 1. The predicted molar refractivity (Wildman–Crippen MR) is 109 cm³/mol. The van der Waals surface area contributed by atoms with Gasteiger partial charge in [0.15, 0.2) is 9.84 Å². The molecule has 0 aromatic heterocycles. The van der Waals surface area contributed by atoms with Crippen LogP contribution in [0.1, 0.15) is 18.4 Å². The maximum Gasteiger partial charge on any atom is 0.243 e. The predicted octanol–water partition coefficient (Wildman–Crippen LogP) is 1.55. The minimum absolute atomic E-state index is 0.0294. The molecule has 0 aliphatic carbocycles. The van der Waals surface area contributed by atoms with E-state index in [1.165, 1.54) is 10.4 Å². The Bertz CT molecular complexity index is 899. The van der Waals surface area contributed by atoms with Crippen LogP contribution >= 0.6 is 11.6 Å². The number of aryl methyl sites for hydroxylation is 1. The monoisotopic (exact) mass is 450 g/mol. The molecule has 2 saturated heterocycles. The highest BCUT2D eigenvalue weighted by Crippen LogP contribution is 2.28. The standard InChI is InChI=1S/C18H27ClN2O5S2/c1-15-3-4-16(19)13-18(15)28(24,25)21(17-5-12-27(22,23)14-17)7-2-6-20-8-10-26-11-9-20/h3-4,13,17H,2,5-12,14H2,1H3. The van der Waals surface area contributed by atoms with E-state index < -0.39 is 25.9 Å². The molecule has 1 atom stereocenters. The molecule has 0 spiro atoms. The summed E-state index contributed by atoms with van der Waals surface area (Å²) >= 11 is 6.04. The van der Waals surface area contributed by atoms with Crippen LogP contribution < -0.4 is 0 Å². The fourth-order valence-electron chi connectivity index (χ4n) is 3.75. The molecule has 0 bridgehead atoms. The first-order valence-electron chi connectivity index (χ1n) is 9.47. The Hall–Kier alpha value is -0.710. The fraction of sp³-hybridized carbons (Fsp3) is 0.667. The van der Waals surface area contributed by atoms with Crippen molar-refractivity contribution in [1.82, 2.24) is 9.21 Å². The van der Waals surface area contributed by atoms with Gasteiger partial charge in [-0.3, -0.25) is 4.90 Å². The van der Waals surface area contributed by atoms with Gasteiger partial charge in [-0.25, -0.2) is 16.8 Å². The highest BCUT2D eigenvalue weighted by Gasteiger charge is 2.39. The molecule has 2 heterocycles. The zero-order valence-corrected chi connectivity index (χ0v) is 18.4. The summed E-state index contributed by atoms with van der Waals surface area (Å²) in [5, 5.41) is 0.344. The zero-order chi connectivity index (χ0) is 20.4. The average molecular weight is 451 g/mol. The van der Waals surface area contributed by atoms with E-state index in [1.54, 1.807) is 19.1 Å². The fourth-order valence-corrected chi connectivity index (χ4v) is 7.76. The third kappa shape index (κ3) is 5.25. The smallest absolute Gasteiger partial charge is 0.243 e. The van der Waals surface area contributed by atoms with Gasteiger partial charge in [0, 0.05) is 30.7 Å². The number of ether oxygens (including phenoxy) is 1. The number of halogens is 1. The van der Waals surface area contributed by atoms with Crippen LogP contribution in [-0.4, -0.2) is 83.0 Å². The molecule has 1 aromatic rings. The molecular formula is C18H27ClN2O5S2. The lowest BCUT2D eigenvalue weighted by Gasteiger charge is -2.30. The second-order valence-corrected chi connectivity index (χ2v) is 11.9. The molecule has 10 heteroatoms.